The highest BCUT2D eigenvalue weighted by Crippen LogP contribution is 2.58. The van der Waals surface area contributed by atoms with Crippen LogP contribution in [0.2, 0.25) is 0 Å². The van der Waals surface area contributed by atoms with Crippen LogP contribution in [0.15, 0.2) is 37.1 Å². The van der Waals surface area contributed by atoms with Crippen molar-refractivity contribution in [2.75, 3.05) is 36.1 Å². The minimum Gasteiger partial charge on any atom is -0.447 e. The van der Waals surface area contributed by atoms with Gasteiger partial charge in [-0.25, -0.2) is 4.79 Å². The summed E-state index contributed by atoms with van der Waals surface area (Å²) in [7, 11) is 0. The summed E-state index contributed by atoms with van der Waals surface area (Å²) in [6, 6.07) is 5.50. The third-order valence-corrected chi connectivity index (χ3v) is 7.95. The fraction of sp³-hybridized carbons (Fsp3) is 0.556. The predicted octanol–water partition coefficient (Wildman–Crippen LogP) is 2.01. The number of anilines is 2. The van der Waals surface area contributed by atoms with E-state index in [0.717, 1.165) is 0 Å². The van der Waals surface area contributed by atoms with Gasteiger partial charge >= 0.3 is 6.09 Å². The molecule has 11 heteroatoms. The van der Waals surface area contributed by atoms with Gasteiger partial charge in [-0.3, -0.25) is 14.4 Å². The van der Waals surface area contributed by atoms with Crippen LogP contribution in [0.1, 0.15) is 38.4 Å². The molecule has 3 aliphatic rings. The maximum Gasteiger partial charge on any atom is 0.414 e. The molecule has 3 aliphatic heterocycles. The van der Waals surface area contributed by atoms with Crippen LogP contribution in [-0.2, 0) is 32.8 Å². The molecule has 4 heterocycles. The number of amides is 2. The minimum atomic E-state index is -1.34. The standard InChI is InChI=1S/C27H35N5O6/c1-5-10-32-21-7-6-19(31-12-14-37-25(31)35)15-20(21)27(24(32)34)17(2)23(26(3,4)36)22(38-27)8-11-30-16-18(9-13-33)28-29-30/h5-7,15-17,22-23,33,36H,1,8-14H2,2-4H3/t17-,22+,23-,27+/m1/s1. The fourth-order valence-electron chi connectivity index (χ4n) is 6.38. The van der Waals surface area contributed by atoms with Crippen LogP contribution in [-0.4, -0.2) is 75.2 Å². The number of carbonyl (C=O) groups excluding carboxylic acids is 2. The van der Waals surface area contributed by atoms with Crippen LogP contribution >= 0.6 is 0 Å². The predicted molar refractivity (Wildman–Crippen MR) is 139 cm³/mol. The van der Waals surface area contributed by atoms with Crippen LogP contribution in [0.25, 0.3) is 0 Å². The van der Waals surface area contributed by atoms with Crippen molar-refractivity contribution in [3.05, 3.63) is 48.3 Å². The summed E-state index contributed by atoms with van der Waals surface area (Å²) < 4.78 is 13.6. The summed E-state index contributed by atoms with van der Waals surface area (Å²) in [5.41, 5.74) is 0.238. The number of hydrogen-bond acceptors (Lipinski definition) is 8. The van der Waals surface area contributed by atoms with E-state index in [0.29, 0.717) is 61.7 Å². The van der Waals surface area contributed by atoms with Crippen molar-refractivity contribution in [2.45, 2.75) is 57.5 Å². The Hall–Kier alpha value is -3.28. The number of rotatable bonds is 9. The van der Waals surface area contributed by atoms with Gasteiger partial charge in [-0.15, -0.1) is 11.7 Å². The Morgan fingerprint density at radius 3 is 2.76 bits per heavy atom. The first-order valence-corrected chi connectivity index (χ1v) is 13.0. The van der Waals surface area contributed by atoms with Crippen molar-refractivity contribution in [3.63, 3.8) is 0 Å². The molecule has 204 valence electrons. The fourth-order valence-corrected chi connectivity index (χ4v) is 6.38. The van der Waals surface area contributed by atoms with E-state index in [1.165, 1.54) is 0 Å². The number of hydrogen-bond donors (Lipinski definition) is 2. The summed E-state index contributed by atoms with van der Waals surface area (Å²) in [5, 5.41) is 28.7. The summed E-state index contributed by atoms with van der Waals surface area (Å²) in [6.07, 6.45) is 3.48. The topological polar surface area (TPSA) is 130 Å². The van der Waals surface area contributed by atoms with E-state index in [2.05, 4.69) is 16.9 Å². The smallest absolute Gasteiger partial charge is 0.414 e. The van der Waals surface area contributed by atoms with Crippen LogP contribution in [0.5, 0.6) is 0 Å². The van der Waals surface area contributed by atoms with Crippen molar-refractivity contribution in [1.82, 2.24) is 15.0 Å². The number of aliphatic hydroxyl groups excluding tert-OH is 1. The molecule has 0 aliphatic carbocycles. The van der Waals surface area contributed by atoms with E-state index in [4.69, 9.17) is 9.47 Å². The number of aliphatic hydroxyl groups is 2. The quantitative estimate of drug-likeness (QED) is 0.476. The average molecular weight is 526 g/mol. The van der Waals surface area contributed by atoms with E-state index in [-0.39, 0.29) is 24.3 Å². The lowest BCUT2D eigenvalue weighted by atomic mass is 9.71. The zero-order valence-electron chi connectivity index (χ0n) is 22.0. The van der Waals surface area contributed by atoms with Crippen molar-refractivity contribution < 1.29 is 29.3 Å². The molecule has 0 bridgehead atoms. The summed E-state index contributed by atoms with van der Waals surface area (Å²) >= 11 is 0. The average Bonchev–Trinajstić information content (AvgIpc) is 3.61. The highest BCUT2D eigenvalue weighted by atomic mass is 16.6. The summed E-state index contributed by atoms with van der Waals surface area (Å²) in [6.45, 7) is 10.8. The van der Waals surface area contributed by atoms with Crippen molar-refractivity contribution in [2.24, 2.45) is 11.8 Å². The number of carbonyl (C=O) groups is 2. The Kier molecular flexibility index (Phi) is 6.79. The normalized spacial score (nSPS) is 26.9. The van der Waals surface area contributed by atoms with Gasteiger partial charge in [-0.1, -0.05) is 18.2 Å². The highest BCUT2D eigenvalue weighted by molar-refractivity contribution is 6.08. The second kappa shape index (κ2) is 9.79. The molecular weight excluding hydrogens is 490 g/mol. The lowest BCUT2D eigenvalue weighted by Crippen LogP contribution is -2.46. The molecule has 2 N–H and O–H groups in total. The van der Waals surface area contributed by atoms with Gasteiger partial charge in [0.05, 0.1) is 29.6 Å². The molecule has 2 fully saturated rings. The second-order valence-electron chi connectivity index (χ2n) is 10.8. The van der Waals surface area contributed by atoms with Gasteiger partial charge in [0.2, 0.25) is 0 Å². The molecule has 38 heavy (non-hydrogen) atoms. The van der Waals surface area contributed by atoms with Gasteiger partial charge in [0.1, 0.15) is 6.61 Å². The maximum absolute atomic E-state index is 14.2. The molecule has 1 aromatic heterocycles. The second-order valence-corrected chi connectivity index (χ2v) is 10.8. The molecule has 11 nitrogen and oxygen atoms in total. The summed E-state index contributed by atoms with van der Waals surface area (Å²) in [5.74, 6) is -0.956. The van der Waals surface area contributed by atoms with E-state index in [1.807, 2.05) is 25.1 Å². The molecule has 4 atom stereocenters. The Balaban J connectivity index is 1.53. The van der Waals surface area contributed by atoms with Crippen molar-refractivity contribution in [1.29, 1.82) is 0 Å². The van der Waals surface area contributed by atoms with Crippen LogP contribution < -0.4 is 9.80 Å². The molecule has 5 rings (SSSR count). The molecule has 0 radical (unpaired) electrons. The number of fused-ring (bicyclic) bond motifs is 2. The lowest BCUT2D eigenvalue weighted by Gasteiger charge is -2.34. The van der Waals surface area contributed by atoms with E-state index >= 15 is 0 Å². The first kappa shape index (κ1) is 26.3. The number of aryl methyl sites for hydroxylation is 1. The maximum atomic E-state index is 14.2. The Morgan fingerprint density at radius 1 is 1.32 bits per heavy atom. The van der Waals surface area contributed by atoms with E-state index < -0.39 is 23.4 Å². The van der Waals surface area contributed by atoms with Crippen molar-refractivity contribution in [3.8, 4) is 0 Å². The number of cyclic esters (lactones) is 1. The zero-order valence-corrected chi connectivity index (χ0v) is 22.0. The molecule has 1 aromatic carbocycles. The molecule has 2 amide bonds. The monoisotopic (exact) mass is 525 g/mol. The Labute approximate surface area is 221 Å². The number of nitrogens with zero attached hydrogens (tertiary/aromatic N) is 5. The van der Waals surface area contributed by atoms with E-state index in [1.54, 1.807) is 40.6 Å². The van der Waals surface area contributed by atoms with Crippen LogP contribution in [0.4, 0.5) is 16.2 Å². The molecule has 1 spiro atoms. The van der Waals surface area contributed by atoms with Gasteiger partial charge < -0.3 is 24.6 Å². The van der Waals surface area contributed by atoms with Gasteiger partial charge in [-0.05, 0) is 38.5 Å². The van der Waals surface area contributed by atoms with Gasteiger partial charge in [-0.2, -0.15) is 0 Å². The summed E-state index contributed by atoms with van der Waals surface area (Å²) in [4.78, 5) is 29.7. The molecule has 0 unspecified atom stereocenters. The minimum absolute atomic E-state index is 0.00882. The number of aromatic nitrogens is 3. The lowest BCUT2D eigenvalue weighted by molar-refractivity contribution is -0.146. The first-order chi connectivity index (χ1) is 18.1. The molecule has 0 saturated carbocycles. The van der Waals surface area contributed by atoms with Crippen molar-refractivity contribution >= 4 is 23.4 Å². The Bertz CT molecular complexity index is 1240. The molecule has 2 aromatic rings. The zero-order chi connectivity index (χ0) is 27.2. The SMILES string of the molecule is C=CCN1C(=O)[C@@]2(O[C@@H](CCn3cc(CCO)nn3)[C@H](C(C)(C)O)[C@H]2C)c2cc(N3CCOC3=O)ccc21. The third kappa shape index (κ3) is 4.18. The largest absolute Gasteiger partial charge is 0.447 e. The number of benzene rings is 1. The van der Waals surface area contributed by atoms with Gasteiger partial charge in [0.25, 0.3) is 5.91 Å². The van der Waals surface area contributed by atoms with Gasteiger partial charge in [0, 0.05) is 55.4 Å². The van der Waals surface area contributed by atoms with Crippen LogP contribution in [0, 0.1) is 11.8 Å². The number of ether oxygens (including phenoxy) is 2. The van der Waals surface area contributed by atoms with Gasteiger partial charge in [0.15, 0.2) is 5.60 Å². The van der Waals surface area contributed by atoms with Crippen LogP contribution in [0.3, 0.4) is 0 Å². The molecular formula is C27H35N5O6. The first-order valence-electron chi connectivity index (χ1n) is 13.0. The Morgan fingerprint density at radius 2 is 2.11 bits per heavy atom. The highest BCUT2D eigenvalue weighted by Gasteiger charge is 2.65. The van der Waals surface area contributed by atoms with E-state index in [9.17, 15) is 19.8 Å². The molecule has 2 saturated heterocycles. The third-order valence-electron chi connectivity index (χ3n) is 7.95.